The fourth-order valence-corrected chi connectivity index (χ4v) is 2.53. The Morgan fingerprint density at radius 2 is 2.32 bits per heavy atom. The van der Waals surface area contributed by atoms with E-state index in [2.05, 4.69) is 10.3 Å². The van der Waals surface area contributed by atoms with Crippen LogP contribution in [0.2, 0.25) is 0 Å². The van der Waals surface area contributed by atoms with Gasteiger partial charge in [-0.25, -0.2) is 9.48 Å². The summed E-state index contributed by atoms with van der Waals surface area (Å²) in [7, 11) is 0. The molecule has 100 valence electrons. The van der Waals surface area contributed by atoms with Gasteiger partial charge >= 0.3 is 5.97 Å². The van der Waals surface area contributed by atoms with Crippen LogP contribution < -0.4 is 0 Å². The zero-order chi connectivity index (χ0) is 13.4. The van der Waals surface area contributed by atoms with Gasteiger partial charge in [-0.3, -0.25) is 0 Å². The smallest absolute Gasteiger partial charge is 0.337 e. The van der Waals surface area contributed by atoms with Gasteiger partial charge in [0.05, 0.1) is 17.7 Å². The molecule has 1 fully saturated rings. The number of hydrogen-bond donors (Lipinski definition) is 1. The summed E-state index contributed by atoms with van der Waals surface area (Å²) >= 11 is 0. The third kappa shape index (κ3) is 1.98. The maximum atomic E-state index is 11.3. The Hall–Kier alpha value is -1.95. The summed E-state index contributed by atoms with van der Waals surface area (Å²) in [6.45, 7) is 2.68. The normalized spacial score (nSPS) is 22.4. The van der Waals surface area contributed by atoms with Crippen molar-refractivity contribution in [3.63, 3.8) is 0 Å². The number of benzene rings is 1. The molecule has 1 N–H and O–H groups in total. The predicted octanol–water partition coefficient (Wildman–Crippen LogP) is 1.87. The summed E-state index contributed by atoms with van der Waals surface area (Å²) in [5, 5.41) is 17.4. The van der Waals surface area contributed by atoms with Crippen LogP contribution >= 0.6 is 0 Å². The molecule has 6 nitrogen and oxygen atoms in total. The summed E-state index contributed by atoms with van der Waals surface area (Å²) in [5.74, 6) is -0.949. The molecule has 0 atom stereocenters. The lowest BCUT2D eigenvalue weighted by atomic mass is 9.89. The molecule has 0 amide bonds. The van der Waals surface area contributed by atoms with Gasteiger partial charge in [-0.05, 0) is 31.9 Å². The van der Waals surface area contributed by atoms with Crippen LogP contribution in [0.25, 0.3) is 11.0 Å². The van der Waals surface area contributed by atoms with Crippen molar-refractivity contribution < 1.29 is 14.6 Å². The first-order valence-corrected chi connectivity index (χ1v) is 6.39. The molecule has 0 unspecified atom stereocenters. The topological polar surface area (TPSA) is 77.2 Å². The maximum Gasteiger partial charge on any atom is 0.337 e. The van der Waals surface area contributed by atoms with Crippen molar-refractivity contribution in [3.05, 3.63) is 23.8 Å². The van der Waals surface area contributed by atoms with E-state index in [1.165, 1.54) is 0 Å². The number of para-hydroxylation sites is 1. The van der Waals surface area contributed by atoms with Gasteiger partial charge in [-0.1, -0.05) is 11.3 Å². The molecule has 1 aliphatic rings. The van der Waals surface area contributed by atoms with Crippen molar-refractivity contribution >= 4 is 17.0 Å². The Kier molecular flexibility index (Phi) is 2.94. The molecule has 6 heteroatoms. The lowest BCUT2D eigenvalue weighted by Gasteiger charge is -2.34. The lowest BCUT2D eigenvalue weighted by molar-refractivity contribution is -0.0220. The highest BCUT2D eigenvalue weighted by Crippen LogP contribution is 2.36. The van der Waals surface area contributed by atoms with Crippen molar-refractivity contribution in [2.24, 2.45) is 0 Å². The minimum atomic E-state index is -0.949. The summed E-state index contributed by atoms with van der Waals surface area (Å²) in [4.78, 5) is 11.3. The highest BCUT2D eigenvalue weighted by Gasteiger charge is 2.33. The minimum absolute atomic E-state index is 0.182. The number of hydrogen-bond acceptors (Lipinski definition) is 4. The average molecular weight is 261 g/mol. The van der Waals surface area contributed by atoms with Crippen LogP contribution in [0.4, 0.5) is 0 Å². The number of ether oxygens (including phenoxy) is 1. The Morgan fingerprint density at radius 3 is 3.00 bits per heavy atom. The van der Waals surface area contributed by atoms with Gasteiger partial charge in [0.15, 0.2) is 0 Å². The lowest BCUT2D eigenvalue weighted by Crippen LogP contribution is -2.34. The van der Waals surface area contributed by atoms with E-state index in [-0.39, 0.29) is 17.7 Å². The van der Waals surface area contributed by atoms with E-state index in [0.717, 1.165) is 12.8 Å². The molecule has 1 saturated carbocycles. The summed E-state index contributed by atoms with van der Waals surface area (Å²) in [6.07, 6.45) is 1.98. The zero-order valence-electron chi connectivity index (χ0n) is 10.6. The number of rotatable bonds is 4. The van der Waals surface area contributed by atoms with Crippen LogP contribution in [-0.4, -0.2) is 38.8 Å². The van der Waals surface area contributed by atoms with Gasteiger partial charge in [0.25, 0.3) is 0 Å². The van der Waals surface area contributed by atoms with Gasteiger partial charge in [0, 0.05) is 6.61 Å². The first-order valence-electron chi connectivity index (χ1n) is 6.39. The number of fused-ring (bicyclic) bond motifs is 1. The van der Waals surface area contributed by atoms with E-state index in [0.29, 0.717) is 17.6 Å². The molecule has 2 aromatic rings. The third-order valence-corrected chi connectivity index (χ3v) is 3.54. The van der Waals surface area contributed by atoms with Crippen molar-refractivity contribution in [2.45, 2.75) is 31.9 Å². The Morgan fingerprint density at radius 1 is 1.53 bits per heavy atom. The van der Waals surface area contributed by atoms with Crippen LogP contribution in [0, 0.1) is 0 Å². The largest absolute Gasteiger partial charge is 0.478 e. The van der Waals surface area contributed by atoms with E-state index < -0.39 is 5.97 Å². The monoisotopic (exact) mass is 261 g/mol. The first-order chi connectivity index (χ1) is 9.20. The number of nitrogens with zero attached hydrogens (tertiary/aromatic N) is 3. The number of carboxylic acids is 1. The van der Waals surface area contributed by atoms with Crippen LogP contribution in [0.3, 0.4) is 0 Å². The van der Waals surface area contributed by atoms with Crippen LogP contribution in [-0.2, 0) is 4.74 Å². The highest BCUT2D eigenvalue weighted by atomic mass is 16.5. The molecule has 1 aliphatic carbocycles. The summed E-state index contributed by atoms with van der Waals surface area (Å²) in [6, 6.07) is 5.24. The van der Waals surface area contributed by atoms with Crippen LogP contribution in [0.1, 0.15) is 36.2 Å². The quantitative estimate of drug-likeness (QED) is 0.909. The van der Waals surface area contributed by atoms with E-state index in [9.17, 15) is 9.90 Å². The maximum absolute atomic E-state index is 11.3. The van der Waals surface area contributed by atoms with Crippen LogP contribution in [0.15, 0.2) is 18.2 Å². The first kappa shape index (κ1) is 12.1. The van der Waals surface area contributed by atoms with E-state index in [4.69, 9.17) is 4.74 Å². The van der Waals surface area contributed by atoms with Crippen molar-refractivity contribution in [2.75, 3.05) is 6.61 Å². The van der Waals surface area contributed by atoms with Crippen LogP contribution in [0.5, 0.6) is 0 Å². The fourth-order valence-electron chi connectivity index (χ4n) is 2.53. The molecular formula is C13H15N3O3. The number of aromatic carboxylic acids is 1. The van der Waals surface area contributed by atoms with Gasteiger partial charge < -0.3 is 9.84 Å². The van der Waals surface area contributed by atoms with E-state index in [1.807, 2.05) is 6.92 Å². The predicted molar refractivity (Wildman–Crippen MR) is 68.2 cm³/mol. The fraction of sp³-hybridized carbons (Fsp3) is 0.462. The third-order valence-electron chi connectivity index (χ3n) is 3.54. The van der Waals surface area contributed by atoms with E-state index >= 15 is 0 Å². The zero-order valence-corrected chi connectivity index (χ0v) is 10.6. The Bertz CT molecular complexity index is 617. The second-order valence-corrected chi connectivity index (χ2v) is 4.72. The standard InChI is InChI=1S/C13H15N3O3/c1-2-19-9-6-8(7-9)16-12-10(13(17)18)4-3-5-11(12)14-15-16/h3-5,8-9H,2,6-7H2,1H3,(H,17,18). The summed E-state index contributed by atoms with van der Waals surface area (Å²) in [5.41, 5.74) is 1.48. The molecule has 0 aliphatic heterocycles. The number of carbonyl (C=O) groups is 1. The number of carboxylic acid groups (broad SMARTS) is 1. The second kappa shape index (κ2) is 4.62. The Labute approximate surface area is 110 Å². The van der Waals surface area contributed by atoms with Gasteiger partial charge in [0.1, 0.15) is 11.0 Å². The van der Waals surface area contributed by atoms with Crippen molar-refractivity contribution in [1.29, 1.82) is 0 Å². The number of aromatic nitrogens is 3. The molecular weight excluding hydrogens is 246 g/mol. The highest BCUT2D eigenvalue weighted by molar-refractivity contribution is 6.00. The van der Waals surface area contributed by atoms with Crippen molar-refractivity contribution in [1.82, 2.24) is 15.0 Å². The van der Waals surface area contributed by atoms with E-state index in [1.54, 1.807) is 22.9 Å². The second-order valence-electron chi connectivity index (χ2n) is 4.72. The molecule has 0 radical (unpaired) electrons. The molecule has 0 bridgehead atoms. The average Bonchev–Trinajstić information content (AvgIpc) is 2.76. The molecule has 1 heterocycles. The van der Waals surface area contributed by atoms with Crippen molar-refractivity contribution in [3.8, 4) is 0 Å². The van der Waals surface area contributed by atoms with Gasteiger partial charge in [-0.15, -0.1) is 5.10 Å². The molecule has 0 spiro atoms. The summed E-state index contributed by atoms with van der Waals surface area (Å²) < 4.78 is 7.25. The minimum Gasteiger partial charge on any atom is -0.478 e. The van der Waals surface area contributed by atoms with Gasteiger partial charge in [-0.2, -0.15) is 0 Å². The molecule has 0 saturated heterocycles. The SMILES string of the molecule is CCOC1CC(n2nnc3cccc(C(=O)O)c32)C1. The Balaban J connectivity index is 1.95. The molecule has 19 heavy (non-hydrogen) atoms. The molecule has 1 aromatic carbocycles. The molecule has 3 rings (SSSR count). The van der Waals surface area contributed by atoms with Gasteiger partial charge in [0.2, 0.25) is 0 Å². The molecule has 1 aromatic heterocycles.